The Balaban J connectivity index is 1.64. The molecule has 2 aromatic rings. The lowest BCUT2D eigenvalue weighted by Gasteiger charge is -2.07. The van der Waals surface area contributed by atoms with Crippen molar-refractivity contribution in [1.29, 1.82) is 0 Å². The van der Waals surface area contributed by atoms with Gasteiger partial charge in [0.25, 0.3) is 5.69 Å². The van der Waals surface area contributed by atoms with Crippen molar-refractivity contribution in [2.75, 3.05) is 13.2 Å². The fourth-order valence-corrected chi connectivity index (χ4v) is 2.24. The molecular weight excluding hydrogens is 308 g/mol. The molecule has 6 nitrogen and oxygen atoms in total. The van der Waals surface area contributed by atoms with E-state index in [-0.39, 0.29) is 18.0 Å². The van der Waals surface area contributed by atoms with Crippen LogP contribution in [0.5, 0.6) is 5.75 Å². The zero-order valence-corrected chi connectivity index (χ0v) is 13.3. The number of nitrogens with zero attached hydrogens (tertiary/aromatic N) is 1. The monoisotopic (exact) mass is 328 g/mol. The quantitative estimate of drug-likeness (QED) is 0.435. The zero-order chi connectivity index (χ0) is 17.2. The highest BCUT2D eigenvalue weighted by Gasteiger charge is 2.14. The predicted octanol–water partition coefficient (Wildman–Crippen LogP) is 3.11. The Morgan fingerprint density at radius 3 is 2.50 bits per heavy atom. The standard InChI is InChI=1S/C18H20N2O4/c21-18(14-15-8-4-5-11-17(15)20(22)23)19-12-6-7-13-24-16-9-2-1-3-10-16/h1-5,8-11H,6-7,12-14H2,(H,19,21). The number of nitro benzene ring substituents is 1. The Bertz CT molecular complexity index is 674. The molecule has 0 fully saturated rings. The Kier molecular flexibility index (Phi) is 6.76. The van der Waals surface area contributed by atoms with Gasteiger partial charge < -0.3 is 10.1 Å². The van der Waals surface area contributed by atoms with Crippen LogP contribution in [0, 0.1) is 10.1 Å². The van der Waals surface area contributed by atoms with Gasteiger partial charge in [-0.1, -0.05) is 36.4 Å². The van der Waals surface area contributed by atoms with Crippen LogP contribution in [0.15, 0.2) is 54.6 Å². The van der Waals surface area contributed by atoms with Gasteiger partial charge >= 0.3 is 0 Å². The molecule has 1 N–H and O–H groups in total. The molecule has 0 aliphatic heterocycles. The largest absolute Gasteiger partial charge is 0.494 e. The van der Waals surface area contributed by atoms with E-state index in [1.807, 2.05) is 30.3 Å². The first-order chi connectivity index (χ1) is 11.7. The van der Waals surface area contributed by atoms with E-state index in [0.29, 0.717) is 18.7 Å². The van der Waals surface area contributed by atoms with E-state index in [1.165, 1.54) is 6.07 Å². The van der Waals surface area contributed by atoms with E-state index in [0.717, 1.165) is 18.6 Å². The minimum atomic E-state index is -0.469. The molecule has 0 aliphatic rings. The van der Waals surface area contributed by atoms with Crippen molar-refractivity contribution in [1.82, 2.24) is 5.32 Å². The van der Waals surface area contributed by atoms with E-state index in [1.54, 1.807) is 18.2 Å². The third-order valence-corrected chi connectivity index (χ3v) is 3.44. The Morgan fingerprint density at radius 2 is 1.75 bits per heavy atom. The average molecular weight is 328 g/mol. The van der Waals surface area contributed by atoms with Crippen LogP contribution in [0.25, 0.3) is 0 Å². The first-order valence-corrected chi connectivity index (χ1v) is 7.83. The Morgan fingerprint density at radius 1 is 1.04 bits per heavy atom. The molecule has 0 atom stereocenters. The number of unbranched alkanes of at least 4 members (excludes halogenated alkanes) is 1. The second-order valence-corrected chi connectivity index (χ2v) is 5.28. The summed E-state index contributed by atoms with van der Waals surface area (Å²) in [7, 11) is 0. The first-order valence-electron chi connectivity index (χ1n) is 7.83. The van der Waals surface area contributed by atoms with E-state index < -0.39 is 4.92 Å². The second-order valence-electron chi connectivity index (χ2n) is 5.28. The average Bonchev–Trinajstić information content (AvgIpc) is 2.59. The van der Waals surface area contributed by atoms with Gasteiger partial charge in [0, 0.05) is 18.2 Å². The van der Waals surface area contributed by atoms with Crippen LogP contribution in [-0.4, -0.2) is 24.0 Å². The van der Waals surface area contributed by atoms with Crippen molar-refractivity contribution in [3.05, 3.63) is 70.3 Å². The Hall–Kier alpha value is -2.89. The first kappa shape index (κ1) is 17.5. The topological polar surface area (TPSA) is 81.5 Å². The molecule has 0 bridgehead atoms. The molecule has 2 aromatic carbocycles. The van der Waals surface area contributed by atoms with E-state index in [2.05, 4.69) is 5.32 Å². The van der Waals surface area contributed by atoms with Gasteiger partial charge in [-0.05, 0) is 25.0 Å². The number of para-hydroxylation sites is 2. The zero-order valence-electron chi connectivity index (χ0n) is 13.3. The van der Waals surface area contributed by atoms with Crippen molar-refractivity contribution in [3.63, 3.8) is 0 Å². The van der Waals surface area contributed by atoms with Crippen molar-refractivity contribution in [2.24, 2.45) is 0 Å². The predicted molar refractivity (Wildman–Crippen MR) is 91.0 cm³/mol. The lowest BCUT2D eigenvalue weighted by atomic mass is 10.1. The van der Waals surface area contributed by atoms with Gasteiger partial charge in [0.15, 0.2) is 0 Å². The molecule has 0 aromatic heterocycles. The summed E-state index contributed by atoms with van der Waals surface area (Å²) in [5, 5.41) is 13.7. The summed E-state index contributed by atoms with van der Waals surface area (Å²) < 4.78 is 5.56. The molecule has 0 saturated carbocycles. The number of nitrogens with one attached hydrogen (secondary N) is 1. The number of carbonyl (C=O) groups excluding carboxylic acids is 1. The third kappa shape index (κ3) is 5.72. The number of ether oxygens (including phenoxy) is 1. The van der Waals surface area contributed by atoms with Crippen LogP contribution in [0.2, 0.25) is 0 Å². The molecule has 0 spiro atoms. The third-order valence-electron chi connectivity index (χ3n) is 3.44. The molecule has 0 radical (unpaired) electrons. The van der Waals surface area contributed by atoms with Crippen LogP contribution < -0.4 is 10.1 Å². The number of carbonyl (C=O) groups is 1. The highest BCUT2D eigenvalue weighted by molar-refractivity contribution is 5.79. The highest BCUT2D eigenvalue weighted by atomic mass is 16.6. The van der Waals surface area contributed by atoms with Gasteiger partial charge in [-0.2, -0.15) is 0 Å². The number of hydrogen-bond acceptors (Lipinski definition) is 4. The minimum Gasteiger partial charge on any atom is -0.494 e. The second kappa shape index (κ2) is 9.29. The van der Waals surface area contributed by atoms with Gasteiger partial charge in [0.1, 0.15) is 5.75 Å². The SMILES string of the molecule is O=C(Cc1ccccc1[N+](=O)[O-])NCCCCOc1ccccc1. The molecule has 0 unspecified atom stereocenters. The number of rotatable bonds is 9. The van der Waals surface area contributed by atoms with Crippen molar-refractivity contribution in [2.45, 2.75) is 19.3 Å². The van der Waals surface area contributed by atoms with Gasteiger partial charge in [-0.15, -0.1) is 0 Å². The van der Waals surface area contributed by atoms with Crippen LogP contribution in [0.4, 0.5) is 5.69 Å². The molecule has 1 amide bonds. The summed E-state index contributed by atoms with van der Waals surface area (Å²) in [5.41, 5.74) is 0.399. The van der Waals surface area contributed by atoms with Gasteiger partial charge in [-0.3, -0.25) is 14.9 Å². The van der Waals surface area contributed by atoms with Gasteiger partial charge in [-0.25, -0.2) is 0 Å². The van der Waals surface area contributed by atoms with Gasteiger partial charge in [0.05, 0.1) is 18.0 Å². The lowest BCUT2D eigenvalue weighted by molar-refractivity contribution is -0.385. The van der Waals surface area contributed by atoms with E-state index in [4.69, 9.17) is 4.74 Å². The molecule has 0 aliphatic carbocycles. The van der Waals surface area contributed by atoms with E-state index in [9.17, 15) is 14.9 Å². The van der Waals surface area contributed by atoms with Crippen LogP contribution in [0.3, 0.4) is 0 Å². The molecule has 2 rings (SSSR count). The van der Waals surface area contributed by atoms with Crippen molar-refractivity contribution < 1.29 is 14.5 Å². The maximum atomic E-state index is 11.9. The fraction of sp³-hybridized carbons (Fsp3) is 0.278. The normalized spacial score (nSPS) is 10.2. The van der Waals surface area contributed by atoms with Crippen LogP contribution in [0.1, 0.15) is 18.4 Å². The summed E-state index contributed by atoms with van der Waals surface area (Å²) in [4.78, 5) is 22.3. The van der Waals surface area contributed by atoms with Gasteiger partial charge in [0.2, 0.25) is 5.91 Å². The fourth-order valence-electron chi connectivity index (χ4n) is 2.24. The minimum absolute atomic E-state index is 0.0116. The lowest BCUT2D eigenvalue weighted by Crippen LogP contribution is -2.26. The number of hydrogen-bond donors (Lipinski definition) is 1. The number of nitro groups is 1. The summed E-state index contributed by atoms with van der Waals surface area (Å²) in [6.45, 7) is 1.11. The number of amides is 1. The number of benzene rings is 2. The maximum absolute atomic E-state index is 11.9. The summed E-state index contributed by atoms with van der Waals surface area (Å²) in [6, 6.07) is 15.8. The maximum Gasteiger partial charge on any atom is 0.273 e. The Labute approximate surface area is 140 Å². The summed E-state index contributed by atoms with van der Waals surface area (Å²) >= 11 is 0. The molecule has 24 heavy (non-hydrogen) atoms. The summed E-state index contributed by atoms with van der Waals surface area (Å²) in [6.07, 6.45) is 1.62. The van der Waals surface area contributed by atoms with E-state index >= 15 is 0 Å². The van der Waals surface area contributed by atoms with Crippen molar-refractivity contribution >= 4 is 11.6 Å². The molecule has 0 saturated heterocycles. The summed E-state index contributed by atoms with van der Waals surface area (Å²) in [5.74, 6) is 0.617. The van der Waals surface area contributed by atoms with Crippen molar-refractivity contribution in [3.8, 4) is 5.75 Å². The van der Waals surface area contributed by atoms with Crippen LogP contribution in [-0.2, 0) is 11.2 Å². The highest BCUT2D eigenvalue weighted by Crippen LogP contribution is 2.17. The molecule has 6 heteroatoms. The smallest absolute Gasteiger partial charge is 0.273 e. The molecular formula is C18H20N2O4. The van der Waals surface area contributed by atoms with Crippen LogP contribution >= 0.6 is 0 Å². The molecule has 126 valence electrons. The molecule has 0 heterocycles.